The molecule has 6 nitrogen and oxygen atoms in total. The van der Waals surface area contributed by atoms with Crippen LogP contribution in [0.15, 0.2) is 42.0 Å². The zero-order valence-electron chi connectivity index (χ0n) is 14.9. The molecule has 0 aromatic heterocycles. The summed E-state index contributed by atoms with van der Waals surface area (Å²) in [6, 6.07) is 10.2. The van der Waals surface area contributed by atoms with Gasteiger partial charge in [-0.25, -0.2) is 5.01 Å². The average Bonchev–Trinajstić information content (AvgIpc) is 2.88. The van der Waals surface area contributed by atoms with Gasteiger partial charge >= 0.3 is 0 Å². The maximum absolute atomic E-state index is 12.7. The van der Waals surface area contributed by atoms with Gasteiger partial charge in [-0.3, -0.25) is 15.0 Å². The molecule has 1 heterocycles. The Bertz CT molecular complexity index is 918. The second-order valence-corrected chi connectivity index (χ2v) is 6.07. The molecule has 2 N–H and O–H groups in total. The number of aromatic hydroxyl groups is 1. The smallest absolute Gasteiger partial charge is 0.282 e. The molecule has 6 heteroatoms. The van der Waals surface area contributed by atoms with Gasteiger partial charge in [0.2, 0.25) is 0 Å². The molecular weight excluding hydrogens is 332 g/mol. The van der Waals surface area contributed by atoms with Crippen molar-refractivity contribution in [1.29, 1.82) is 0 Å². The van der Waals surface area contributed by atoms with Crippen LogP contribution in [-0.4, -0.2) is 23.5 Å². The van der Waals surface area contributed by atoms with Crippen LogP contribution < -0.4 is 15.2 Å². The number of amides is 2. The average molecular weight is 352 g/mol. The van der Waals surface area contributed by atoms with E-state index in [0.29, 0.717) is 23.6 Å². The first-order chi connectivity index (χ1) is 12.4. The molecule has 2 aromatic carbocycles. The molecule has 0 radical (unpaired) electrons. The van der Waals surface area contributed by atoms with Crippen LogP contribution in [0, 0.1) is 13.8 Å². The number of rotatable bonds is 4. The van der Waals surface area contributed by atoms with Gasteiger partial charge in [0.05, 0.1) is 12.3 Å². The molecule has 26 heavy (non-hydrogen) atoms. The predicted octanol–water partition coefficient (Wildman–Crippen LogP) is 2.87. The third-order valence-electron chi connectivity index (χ3n) is 4.23. The fourth-order valence-corrected chi connectivity index (χ4v) is 2.66. The summed E-state index contributed by atoms with van der Waals surface area (Å²) in [5, 5.41) is 11.0. The summed E-state index contributed by atoms with van der Waals surface area (Å²) in [5.74, 6) is -0.588. The minimum atomic E-state index is -0.473. The highest BCUT2D eigenvalue weighted by Gasteiger charge is 2.34. The van der Waals surface area contributed by atoms with Crippen LogP contribution in [0.3, 0.4) is 0 Å². The lowest BCUT2D eigenvalue weighted by atomic mass is 10.1. The normalized spacial score (nSPS) is 15.5. The summed E-state index contributed by atoms with van der Waals surface area (Å²) >= 11 is 0. The largest absolute Gasteiger partial charge is 0.504 e. The van der Waals surface area contributed by atoms with E-state index in [-0.39, 0.29) is 11.3 Å². The lowest BCUT2D eigenvalue weighted by Gasteiger charge is -2.16. The van der Waals surface area contributed by atoms with Crippen LogP contribution in [0.5, 0.6) is 11.5 Å². The number of hydrogen-bond donors (Lipinski definition) is 2. The predicted molar refractivity (Wildman–Crippen MR) is 98.8 cm³/mol. The van der Waals surface area contributed by atoms with Gasteiger partial charge in [-0.05, 0) is 67.8 Å². The Morgan fingerprint density at radius 1 is 1.12 bits per heavy atom. The number of nitrogens with zero attached hydrogens (tertiary/aromatic N) is 1. The second-order valence-electron chi connectivity index (χ2n) is 6.07. The van der Waals surface area contributed by atoms with Crippen LogP contribution >= 0.6 is 0 Å². The maximum atomic E-state index is 12.7. The Hall–Kier alpha value is -3.28. The first kappa shape index (κ1) is 17.5. The number of hydrazine groups is 1. The van der Waals surface area contributed by atoms with E-state index >= 15 is 0 Å². The van der Waals surface area contributed by atoms with Crippen LogP contribution in [0.1, 0.15) is 23.6 Å². The molecule has 3 rings (SSSR count). The molecule has 0 aliphatic carbocycles. The number of ether oxygens (including phenoxy) is 1. The van der Waals surface area contributed by atoms with E-state index in [9.17, 15) is 14.7 Å². The summed E-state index contributed by atoms with van der Waals surface area (Å²) < 4.78 is 5.34. The second kappa shape index (κ2) is 6.92. The van der Waals surface area contributed by atoms with Crippen molar-refractivity contribution in [2.75, 3.05) is 11.6 Å². The lowest BCUT2D eigenvalue weighted by Crippen LogP contribution is -2.35. The third-order valence-corrected chi connectivity index (χ3v) is 4.23. The Labute approximate surface area is 151 Å². The van der Waals surface area contributed by atoms with Gasteiger partial charge in [0, 0.05) is 0 Å². The zero-order valence-corrected chi connectivity index (χ0v) is 14.9. The molecule has 0 bridgehead atoms. The molecule has 0 spiro atoms. The molecule has 1 aliphatic rings. The third kappa shape index (κ3) is 3.26. The molecule has 0 saturated carbocycles. The summed E-state index contributed by atoms with van der Waals surface area (Å²) in [6.07, 6.45) is 1.49. The van der Waals surface area contributed by atoms with Crippen molar-refractivity contribution in [3.8, 4) is 11.5 Å². The summed E-state index contributed by atoms with van der Waals surface area (Å²) in [7, 11) is 0. The summed E-state index contributed by atoms with van der Waals surface area (Å²) in [4.78, 5) is 25.0. The Morgan fingerprint density at radius 3 is 2.58 bits per heavy atom. The number of phenolic OH excluding ortho intramolecular Hbond substituents is 1. The molecule has 0 atom stereocenters. The maximum Gasteiger partial charge on any atom is 0.282 e. The highest BCUT2D eigenvalue weighted by molar-refractivity contribution is 6.31. The van der Waals surface area contributed by atoms with Crippen LogP contribution in [0.4, 0.5) is 5.69 Å². The summed E-state index contributed by atoms with van der Waals surface area (Å²) in [5.41, 5.74) is 5.94. The molecule has 1 fully saturated rings. The Balaban J connectivity index is 1.92. The molecular formula is C20H20N2O4. The van der Waals surface area contributed by atoms with Crippen molar-refractivity contribution >= 4 is 23.6 Å². The number of anilines is 1. The van der Waals surface area contributed by atoms with Crippen LogP contribution in [0.25, 0.3) is 6.08 Å². The minimum absolute atomic E-state index is 0.00737. The SMILES string of the molecule is CCOc1cc(/C=C2\C(=O)NN(c3ccc(C)c(C)c3)C2=O)ccc1O. The summed E-state index contributed by atoms with van der Waals surface area (Å²) in [6.45, 7) is 6.13. The quantitative estimate of drug-likeness (QED) is 0.655. The number of carbonyl (C=O) groups excluding carboxylic acids is 2. The van der Waals surface area contributed by atoms with E-state index in [1.165, 1.54) is 17.2 Å². The number of phenols is 1. The van der Waals surface area contributed by atoms with E-state index in [1.54, 1.807) is 25.1 Å². The van der Waals surface area contributed by atoms with Gasteiger partial charge in [-0.2, -0.15) is 0 Å². The fraction of sp³-hybridized carbons (Fsp3) is 0.200. The van der Waals surface area contributed by atoms with Gasteiger partial charge in [0.25, 0.3) is 11.8 Å². The number of aryl methyl sites for hydroxylation is 2. The number of hydrogen-bond acceptors (Lipinski definition) is 4. The van der Waals surface area contributed by atoms with Crippen molar-refractivity contribution in [1.82, 2.24) is 5.43 Å². The standard InChI is InChI=1S/C20H20N2O4/c1-4-26-18-11-14(6-8-17(18)23)10-16-19(24)21-22(20(16)25)15-7-5-12(2)13(3)9-15/h5-11,23H,4H2,1-3H3,(H,21,24)/b16-10+. The van der Waals surface area contributed by atoms with Crippen molar-refractivity contribution in [3.63, 3.8) is 0 Å². The van der Waals surface area contributed by atoms with Crippen molar-refractivity contribution < 1.29 is 19.4 Å². The molecule has 134 valence electrons. The monoisotopic (exact) mass is 352 g/mol. The minimum Gasteiger partial charge on any atom is -0.504 e. The Kier molecular flexibility index (Phi) is 4.67. The first-order valence-corrected chi connectivity index (χ1v) is 8.31. The topological polar surface area (TPSA) is 78.9 Å². The molecule has 2 amide bonds. The number of benzene rings is 2. The van der Waals surface area contributed by atoms with E-state index in [1.807, 2.05) is 26.0 Å². The van der Waals surface area contributed by atoms with Gasteiger partial charge in [0.15, 0.2) is 11.5 Å². The van der Waals surface area contributed by atoms with E-state index in [0.717, 1.165) is 11.1 Å². The van der Waals surface area contributed by atoms with E-state index in [2.05, 4.69) is 5.43 Å². The molecule has 2 aromatic rings. The zero-order chi connectivity index (χ0) is 18.8. The Morgan fingerprint density at radius 2 is 1.88 bits per heavy atom. The van der Waals surface area contributed by atoms with Gasteiger partial charge in [0.1, 0.15) is 5.57 Å². The van der Waals surface area contributed by atoms with Crippen LogP contribution in [0.2, 0.25) is 0 Å². The van der Waals surface area contributed by atoms with E-state index in [4.69, 9.17) is 4.74 Å². The van der Waals surface area contributed by atoms with Crippen molar-refractivity contribution in [2.45, 2.75) is 20.8 Å². The van der Waals surface area contributed by atoms with Crippen molar-refractivity contribution in [2.24, 2.45) is 0 Å². The highest BCUT2D eigenvalue weighted by atomic mass is 16.5. The molecule has 0 unspecified atom stereocenters. The fourth-order valence-electron chi connectivity index (χ4n) is 2.66. The van der Waals surface area contributed by atoms with Crippen molar-refractivity contribution in [3.05, 3.63) is 58.7 Å². The first-order valence-electron chi connectivity index (χ1n) is 8.31. The lowest BCUT2D eigenvalue weighted by molar-refractivity contribution is -0.117. The number of nitrogens with one attached hydrogen (secondary N) is 1. The molecule has 1 aliphatic heterocycles. The van der Waals surface area contributed by atoms with Crippen LogP contribution in [-0.2, 0) is 9.59 Å². The highest BCUT2D eigenvalue weighted by Crippen LogP contribution is 2.29. The van der Waals surface area contributed by atoms with Gasteiger partial charge in [-0.1, -0.05) is 12.1 Å². The van der Waals surface area contributed by atoms with E-state index < -0.39 is 11.8 Å². The van der Waals surface area contributed by atoms with Gasteiger partial charge < -0.3 is 9.84 Å². The number of carbonyl (C=O) groups is 2. The van der Waals surface area contributed by atoms with Gasteiger partial charge in [-0.15, -0.1) is 0 Å². The molecule has 1 saturated heterocycles.